The summed E-state index contributed by atoms with van der Waals surface area (Å²) in [5, 5.41) is 0. The number of hydrogen-bond donors (Lipinski definition) is 1. The molecule has 0 fully saturated rings. The number of nitrogens with one attached hydrogen (secondary N) is 1. The number of nitrogens with zero attached hydrogens (tertiary/aromatic N) is 3. The molecule has 0 saturated heterocycles. The van der Waals surface area contributed by atoms with E-state index in [0.29, 0.717) is 49.4 Å². The van der Waals surface area contributed by atoms with E-state index in [1.165, 1.54) is 7.11 Å². The largest absolute Gasteiger partial charge is 0.494 e. The predicted molar refractivity (Wildman–Crippen MR) is 104 cm³/mol. The van der Waals surface area contributed by atoms with Crippen LogP contribution in [0.1, 0.15) is 16.8 Å². The lowest BCUT2D eigenvalue weighted by atomic mass is 10.1. The molecule has 0 bridgehead atoms. The molecule has 6 nitrogen and oxygen atoms in total. The van der Waals surface area contributed by atoms with Crippen LogP contribution >= 0.6 is 0 Å². The van der Waals surface area contributed by atoms with Crippen molar-refractivity contribution in [2.45, 2.75) is 19.4 Å². The van der Waals surface area contributed by atoms with E-state index in [1.54, 1.807) is 30.6 Å². The number of benzene rings is 1. The Kier molecular flexibility index (Phi) is 5.16. The molecule has 0 spiro atoms. The van der Waals surface area contributed by atoms with Crippen LogP contribution < -0.4 is 10.3 Å². The molecule has 28 heavy (non-hydrogen) atoms. The van der Waals surface area contributed by atoms with Crippen molar-refractivity contribution in [1.82, 2.24) is 19.9 Å². The van der Waals surface area contributed by atoms with E-state index in [9.17, 15) is 9.18 Å². The molecule has 1 aromatic carbocycles. The topological polar surface area (TPSA) is 71.1 Å². The van der Waals surface area contributed by atoms with E-state index < -0.39 is 0 Å². The molecule has 1 aliphatic rings. The van der Waals surface area contributed by atoms with Crippen LogP contribution in [0.5, 0.6) is 5.75 Å². The summed E-state index contributed by atoms with van der Waals surface area (Å²) >= 11 is 0. The lowest BCUT2D eigenvalue weighted by Gasteiger charge is -2.20. The molecule has 7 heteroatoms. The smallest absolute Gasteiger partial charge is 0.254 e. The number of ether oxygens (including phenoxy) is 1. The van der Waals surface area contributed by atoms with Crippen molar-refractivity contribution >= 4 is 0 Å². The summed E-state index contributed by atoms with van der Waals surface area (Å²) in [7, 11) is 1.46. The second kappa shape index (κ2) is 7.90. The quantitative estimate of drug-likeness (QED) is 0.753. The van der Waals surface area contributed by atoms with Gasteiger partial charge < -0.3 is 9.72 Å². The molecule has 3 heterocycles. The standard InChI is InChI=1S/C21H21FN4O2/c1-28-18-4-2-3-15(19(18)22)13-26-11-7-16-17(8-12-26)24-20(25-21(16)27)14-5-9-23-10-6-14/h2-6,9-10H,7-8,11-13H2,1H3,(H,24,25,27). The molecule has 0 aliphatic carbocycles. The van der Waals surface area contributed by atoms with Gasteiger partial charge in [-0.05, 0) is 24.6 Å². The Hall–Kier alpha value is -3.06. The number of aromatic nitrogens is 3. The van der Waals surface area contributed by atoms with E-state index >= 15 is 0 Å². The number of pyridine rings is 1. The van der Waals surface area contributed by atoms with Crippen molar-refractivity contribution in [3.8, 4) is 17.1 Å². The molecule has 144 valence electrons. The SMILES string of the molecule is COc1cccc(CN2CCc3nc(-c4ccncc4)[nH]c(=O)c3CC2)c1F. The fourth-order valence-corrected chi connectivity index (χ4v) is 3.54. The van der Waals surface area contributed by atoms with Crippen LogP contribution in [0.4, 0.5) is 4.39 Å². The highest BCUT2D eigenvalue weighted by Crippen LogP contribution is 2.22. The Morgan fingerprint density at radius 1 is 1.18 bits per heavy atom. The van der Waals surface area contributed by atoms with E-state index in [0.717, 1.165) is 11.3 Å². The lowest BCUT2D eigenvalue weighted by molar-refractivity contribution is 0.272. The first-order valence-corrected chi connectivity index (χ1v) is 9.22. The first kappa shape index (κ1) is 18.3. The van der Waals surface area contributed by atoms with Crippen LogP contribution in [0.25, 0.3) is 11.4 Å². The first-order chi connectivity index (χ1) is 13.7. The normalized spacial score (nSPS) is 14.4. The van der Waals surface area contributed by atoms with Gasteiger partial charge in [0.15, 0.2) is 11.6 Å². The minimum absolute atomic E-state index is 0.105. The van der Waals surface area contributed by atoms with Gasteiger partial charge in [-0.15, -0.1) is 0 Å². The number of fused-ring (bicyclic) bond motifs is 1. The van der Waals surface area contributed by atoms with Crippen LogP contribution in [0.3, 0.4) is 0 Å². The number of halogens is 1. The van der Waals surface area contributed by atoms with Gasteiger partial charge in [-0.25, -0.2) is 9.37 Å². The number of hydrogen-bond acceptors (Lipinski definition) is 5. The molecule has 0 unspecified atom stereocenters. The summed E-state index contributed by atoms with van der Waals surface area (Å²) in [4.78, 5) is 26.3. The Morgan fingerprint density at radius 3 is 2.75 bits per heavy atom. The van der Waals surface area contributed by atoms with Crippen LogP contribution in [-0.2, 0) is 19.4 Å². The van der Waals surface area contributed by atoms with Gasteiger partial charge in [0, 0.05) is 55.1 Å². The van der Waals surface area contributed by atoms with Crippen molar-refractivity contribution in [2.24, 2.45) is 0 Å². The number of methoxy groups -OCH3 is 1. The Bertz CT molecular complexity index is 1040. The third-order valence-corrected chi connectivity index (χ3v) is 5.05. The average molecular weight is 380 g/mol. The summed E-state index contributed by atoms with van der Waals surface area (Å²) < 4.78 is 19.5. The van der Waals surface area contributed by atoms with Gasteiger partial charge in [0.05, 0.1) is 12.8 Å². The van der Waals surface area contributed by atoms with Crippen LogP contribution in [0.2, 0.25) is 0 Å². The molecule has 4 rings (SSSR count). The van der Waals surface area contributed by atoms with E-state index in [1.807, 2.05) is 12.1 Å². The van der Waals surface area contributed by atoms with Crippen molar-refractivity contribution < 1.29 is 9.13 Å². The molecule has 1 N–H and O–H groups in total. The van der Waals surface area contributed by atoms with Crippen LogP contribution in [0.15, 0.2) is 47.5 Å². The number of H-pyrrole nitrogens is 1. The second-order valence-corrected chi connectivity index (χ2v) is 6.79. The zero-order valence-corrected chi connectivity index (χ0v) is 15.6. The molecule has 0 radical (unpaired) electrons. The summed E-state index contributed by atoms with van der Waals surface area (Å²) in [6.45, 7) is 1.84. The van der Waals surface area contributed by atoms with Crippen molar-refractivity contribution in [3.63, 3.8) is 0 Å². The maximum atomic E-state index is 14.5. The molecule has 2 aromatic heterocycles. The third-order valence-electron chi connectivity index (χ3n) is 5.05. The van der Waals surface area contributed by atoms with Gasteiger partial charge in [0.2, 0.25) is 0 Å². The van der Waals surface area contributed by atoms with Gasteiger partial charge in [-0.1, -0.05) is 12.1 Å². The zero-order chi connectivity index (χ0) is 19.5. The van der Waals surface area contributed by atoms with Gasteiger partial charge >= 0.3 is 0 Å². The van der Waals surface area contributed by atoms with Crippen molar-refractivity contribution in [1.29, 1.82) is 0 Å². The molecule has 0 atom stereocenters. The molecular formula is C21H21FN4O2. The highest BCUT2D eigenvalue weighted by Gasteiger charge is 2.20. The maximum absolute atomic E-state index is 14.5. The van der Waals surface area contributed by atoms with Gasteiger partial charge in [-0.3, -0.25) is 14.7 Å². The first-order valence-electron chi connectivity index (χ1n) is 9.22. The Labute approximate surface area is 162 Å². The fourth-order valence-electron chi connectivity index (χ4n) is 3.54. The average Bonchev–Trinajstić information content (AvgIpc) is 2.93. The van der Waals surface area contributed by atoms with Crippen molar-refractivity contribution in [2.75, 3.05) is 20.2 Å². The summed E-state index contributed by atoms with van der Waals surface area (Å²) in [5.41, 5.74) is 2.83. The minimum atomic E-state index is -0.331. The molecule has 3 aromatic rings. The Morgan fingerprint density at radius 2 is 1.96 bits per heavy atom. The second-order valence-electron chi connectivity index (χ2n) is 6.79. The highest BCUT2D eigenvalue weighted by molar-refractivity contribution is 5.54. The van der Waals surface area contributed by atoms with Gasteiger partial charge in [-0.2, -0.15) is 0 Å². The maximum Gasteiger partial charge on any atom is 0.254 e. The van der Waals surface area contributed by atoms with Gasteiger partial charge in [0.1, 0.15) is 5.82 Å². The van der Waals surface area contributed by atoms with E-state index in [4.69, 9.17) is 4.74 Å². The molecule has 1 aliphatic heterocycles. The summed E-state index contributed by atoms with van der Waals surface area (Å²) in [6.07, 6.45) is 4.57. The van der Waals surface area contributed by atoms with E-state index in [-0.39, 0.29) is 17.1 Å². The minimum Gasteiger partial charge on any atom is -0.494 e. The zero-order valence-electron chi connectivity index (χ0n) is 15.6. The Balaban J connectivity index is 1.56. The van der Waals surface area contributed by atoms with Gasteiger partial charge in [0.25, 0.3) is 5.56 Å². The van der Waals surface area contributed by atoms with Crippen LogP contribution in [-0.4, -0.2) is 40.1 Å². The predicted octanol–water partition coefficient (Wildman–Crippen LogP) is 2.58. The fraction of sp³-hybridized carbons (Fsp3) is 0.286. The summed E-state index contributed by atoms with van der Waals surface area (Å²) in [5.74, 6) is 0.469. The monoisotopic (exact) mass is 380 g/mol. The lowest BCUT2D eigenvalue weighted by Crippen LogP contribution is -2.26. The van der Waals surface area contributed by atoms with E-state index in [2.05, 4.69) is 19.9 Å². The highest BCUT2D eigenvalue weighted by atomic mass is 19.1. The molecule has 0 amide bonds. The third kappa shape index (κ3) is 3.66. The van der Waals surface area contributed by atoms with Crippen LogP contribution in [0, 0.1) is 5.82 Å². The number of rotatable bonds is 4. The summed E-state index contributed by atoms with van der Waals surface area (Å²) in [6, 6.07) is 8.80. The molecule has 0 saturated carbocycles. The van der Waals surface area contributed by atoms with Crippen molar-refractivity contribution in [3.05, 3.63) is 75.7 Å². The molecular weight excluding hydrogens is 359 g/mol. The number of aromatic amines is 1.